The van der Waals surface area contributed by atoms with Crippen LogP contribution in [0.5, 0.6) is 0 Å². The van der Waals surface area contributed by atoms with E-state index >= 15 is 0 Å². The topological polar surface area (TPSA) is 102 Å². The molecule has 8 heteroatoms. The quantitative estimate of drug-likeness (QED) is 0.742. The maximum absolute atomic E-state index is 12.0. The lowest BCUT2D eigenvalue weighted by Crippen LogP contribution is -1.98. The lowest BCUT2D eigenvalue weighted by atomic mass is 9.97. The van der Waals surface area contributed by atoms with E-state index in [-0.39, 0.29) is 23.4 Å². The van der Waals surface area contributed by atoms with E-state index in [4.69, 9.17) is 4.74 Å². The lowest BCUT2D eigenvalue weighted by molar-refractivity contribution is -0.133. The number of hydrogen-bond donors (Lipinski definition) is 0. The Morgan fingerprint density at radius 2 is 1.61 bits per heavy atom. The van der Waals surface area contributed by atoms with Gasteiger partial charge in [0.25, 0.3) is 5.91 Å². The molecule has 2 aliphatic rings. The maximum Gasteiger partial charge on any atom is 0.339 e. The van der Waals surface area contributed by atoms with Gasteiger partial charge in [-0.15, -0.1) is 5.11 Å². The molecule has 4 rings (SSSR count). The van der Waals surface area contributed by atoms with Gasteiger partial charge in [-0.3, -0.25) is 4.79 Å². The Morgan fingerprint density at radius 3 is 2.11 bits per heavy atom. The van der Waals surface area contributed by atoms with E-state index in [0.717, 1.165) is 16.7 Å². The Morgan fingerprint density at radius 1 is 0.929 bits per heavy atom. The van der Waals surface area contributed by atoms with Crippen molar-refractivity contribution in [2.24, 2.45) is 10.2 Å². The molecular weight excluding hydrogens is 380 g/mol. The smallest absolute Gasteiger partial charge is 0.339 e. The second-order valence-electron chi connectivity index (χ2n) is 5.96. The number of carbonyl (C=O) groups is 2. The fourth-order valence-corrected chi connectivity index (χ4v) is 3.28. The van der Waals surface area contributed by atoms with Crippen LogP contribution in [0.2, 0.25) is 0 Å². The second-order valence-corrected chi connectivity index (χ2v) is 7.98. The van der Waals surface area contributed by atoms with Gasteiger partial charge < -0.3 is 4.74 Å². The Kier molecular flexibility index (Phi) is 5.60. The molecule has 0 unspecified atom stereocenters. The largest absolute Gasteiger partial charge is 0.457 e. The van der Waals surface area contributed by atoms with E-state index in [1.807, 2.05) is 30.3 Å². The Balaban J connectivity index is 0.000000320. The van der Waals surface area contributed by atoms with Crippen LogP contribution in [0, 0.1) is 0 Å². The van der Waals surface area contributed by atoms with Gasteiger partial charge in [0, 0.05) is 17.9 Å². The maximum atomic E-state index is 12.0. The van der Waals surface area contributed by atoms with E-state index in [2.05, 4.69) is 10.2 Å². The van der Waals surface area contributed by atoms with Gasteiger partial charge in [0.05, 0.1) is 16.7 Å². The minimum absolute atomic E-state index is 0.196. The number of cyclic esters (lactones) is 1. The number of carbonyl (C=O) groups excluding carboxylic acids is 2. The highest BCUT2D eigenvalue weighted by molar-refractivity contribution is 7.90. The van der Waals surface area contributed by atoms with Crippen LogP contribution in [0.25, 0.3) is 11.1 Å². The predicted octanol–water partition coefficient (Wildman–Crippen LogP) is 3.05. The molecule has 0 fully saturated rings. The highest BCUT2D eigenvalue weighted by Crippen LogP contribution is 2.33. The number of nitrogens with zero attached hydrogens (tertiary/aromatic N) is 2. The third-order valence-corrected chi connectivity index (χ3v) is 5.12. The zero-order valence-corrected chi connectivity index (χ0v) is 15.7. The van der Waals surface area contributed by atoms with Crippen LogP contribution < -0.4 is 0 Å². The molecule has 2 aromatic rings. The number of hydrogen-bond acceptors (Lipinski definition) is 6. The number of esters is 1. The number of sulfone groups is 1. The number of rotatable bonds is 3. The fourth-order valence-electron chi connectivity index (χ4n) is 2.65. The van der Waals surface area contributed by atoms with Gasteiger partial charge in [-0.1, -0.05) is 42.5 Å². The molecule has 2 aromatic carbocycles. The minimum Gasteiger partial charge on any atom is -0.457 e. The predicted molar refractivity (Wildman–Crippen MR) is 103 cm³/mol. The second kappa shape index (κ2) is 8.10. The third-order valence-electron chi connectivity index (χ3n) is 3.99. The molecule has 0 spiro atoms. The Labute approximate surface area is 162 Å². The number of amides is 1. The number of azo groups is 1. The van der Waals surface area contributed by atoms with Gasteiger partial charge in [0.15, 0.2) is 9.84 Å². The SMILES string of the molecule is CS(=O)(=O)c1ccc(C2=C(c3ccccc3)C(=O)OC2)cc1.O=C1C=CN=N1. The summed E-state index contributed by atoms with van der Waals surface area (Å²) in [6.45, 7) is 0.196. The molecule has 0 saturated carbocycles. The normalized spacial score (nSPS) is 15.5. The molecule has 0 N–H and O–H groups in total. The zero-order chi connectivity index (χ0) is 20.1. The van der Waals surface area contributed by atoms with Gasteiger partial charge in [-0.25, -0.2) is 13.2 Å². The van der Waals surface area contributed by atoms with Crippen molar-refractivity contribution in [1.29, 1.82) is 0 Å². The monoisotopic (exact) mass is 396 g/mol. The minimum atomic E-state index is -3.23. The van der Waals surface area contributed by atoms with Crippen molar-refractivity contribution in [1.82, 2.24) is 0 Å². The van der Waals surface area contributed by atoms with Crippen molar-refractivity contribution in [2.45, 2.75) is 4.90 Å². The molecule has 28 heavy (non-hydrogen) atoms. The van der Waals surface area contributed by atoms with Gasteiger partial charge in [-0.2, -0.15) is 5.11 Å². The summed E-state index contributed by atoms with van der Waals surface area (Å²) in [5, 5.41) is 6.37. The van der Waals surface area contributed by atoms with Crippen molar-refractivity contribution in [2.75, 3.05) is 12.9 Å². The summed E-state index contributed by atoms with van der Waals surface area (Å²) in [4.78, 5) is 22.2. The highest BCUT2D eigenvalue weighted by atomic mass is 32.2. The molecule has 0 aliphatic carbocycles. The molecular formula is C20H16N2O5S. The van der Waals surface area contributed by atoms with Crippen LogP contribution in [0.4, 0.5) is 0 Å². The summed E-state index contributed by atoms with van der Waals surface area (Å²) in [7, 11) is -3.23. The summed E-state index contributed by atoms with van der Waals surface area (Å²) >= 11 is 0. The lowest BCUT2D eigenvalue weighted by Gasteiger charge is -2.05. The molecule has 0 radical (unpaired) electrons. The van der Waals surface area contributed by atoms with E-state index in [1.165, 1.54) is 18.5 Å². The number of benzene rings is 2. The van der Waals surface area contributed by atoms with Crippen LogP contribution in [0.3, 0.4) is 0 Å². The Hall–Kier alpha value is -3.39. The van der Waals surface area contributed by atoms with Crippen LogP contribution >= 0.6 is 0 Å². The van der Waals surface area contributed by atoms with Crippen molar-refractivity contribution >= 4 is 32.9 Å². The average molecular weight is 396 g/mol. The Bertz CT molecular complexity index is 1090. The molecule has 1 amide bonds. The first kappa shape index (κ1) is 19.4. The molecule has 0 bridgehead atoms. The van der Waals surface area contributed by atoms with Crippen LogP contribution in [-0.4, -0.2) is 33.2 Å². The summed E-state index contributed by atoms with van der Waals surface area (Å²) in [6, 6.07) is 15.8. The van der Waals surface area contributed by atoms with Crippen LogP contribution in [0.1, 0.15) is 11.1 Å². The van der Waals surface area contributed by atoms with Gasteiger partial charge >= 0.3 is 5.97 Å². The van der Waals surface area contributed by atoms with Gasteiger partial charge in [0.2, 0.25) is 0 Å². The standard InChI is InChI=1S/C17H14O4S.C3H2N2O/c1-22(19,20)14-9-7-12(8-10-14)15-11-21-17(18)16(15)13-5-3-2-4-6-13;6-3-1-2-4-5-3/h2-10H,11H2,1H3;1-2H. The van der Waals surface area contributed by atoms with E-state index in [9.17, 15) is 18.0 Å². The van der Waals surface area contributed by atoms with Crippen molar-refractivity contribution < 1.29 is 22.7 Å². The average Bonchev–Trinajstić information content (AvgIpc) is 3.31. The van der Waals surface area contributed by atoms with Crippen molar-refractivity contribution in [3.63, 3.8) is 0 Å². The molecule has 0 aromatic heterocycles. The first-order valence-corrected chi connectivity index (χ1v) is 10.1. The van der Waals surface area contributed by atoms with Crippen LogP contribution in [-0.2, 0) is 24.2 Å². The first-order valence-electron chi connectivity index (χ1n) is 8.24. The third kappa shape index (κ3) is 4.47. The van der Waals surface area contributed by atoms with Crippen molar-refractivity contribution in [3.05, 3.63) is 78.0 Å². The number of ether oxygens (including phenoxy) is 1. The summed E-state index contributed by atoms with van der Waals surface area (Å²) in [5.41, 5.74) is 2.90. The van der Waals surface area contributed by atoms with Crippen LogP contribution in [0.15, 0.2) is 82.0 Å². The molecule has 142 valence electrons. The molecule has 2 heterocycles. The fraction of sp³-hybridized carbons (Fsp3) is 0.100. The summed E-state index contributed by atoms with van der Waals surface area (Å²) in [6.07, 6.45) is 3.83. The molecule has 0 saturated heterocycles. The van der Waals surface area contributed by atoms with E-state index in [0.29, 0.717) is 5.57 Å². The van der Waals surface area contributed by atoms with E-state index in [1.54, 1.807) is 24.3 Å². The summed E-state index contributed by atoms with van der Waals surface area (Å²) < 4.78 is 28.2. The zero-order valence-electron chi connectivity index (χ0n) is 14.9. The van der Waals surface area contributed by atoms with Gasteiger partial charge in [0.1, 0.15) is 6.61 Å². The first-order chi connectivity index (χ1) is 13.4. The molecule has 0 atom stereocenters. The molecule has 7 nitrogen and oxygen atoms in total. The van der Waals surface area contributed by atoms with Crippen molar-refractivity contribution in [3.8, 4) is 0 Å². The summed E-state index contributed by atoms with van der Waals surface area (Å²) in [5.74, 6) is -0.622. The highest BCUT2D eigenvalue weighted by Gasteiger charge is 2.27. The van der Waals surface area contributed by atoms with Gasteiger partial charge in [-0.05, 0) is 23.3 Å². The molecule has 2 aliphatic heterocycles. The van der Waals surface area contributed by atoms with E-state index < -0.39 is 9.84 Å².